The summed E-state index contributed by atoms with van der Waals surface area (Å²) in [6, 6.07) is 8.68. The first-order valence-corrected chi connectivity index (χ1v) is 8.85. The lowest BCUT2D eigenvalue weighted by Crippen LogP contribution is -2.28. The number of benzene rings is 1. The van der Waals surface area contributed by atoms with E-state index in [0.29, 0.717) is 37.1 Å². The lowest BCUT2D eigenvalue weighted by atomic mass is 10.1. The van der Waals surface area contributed by atoms with Crippen LogP contribution < -0.4 is 11.1 Å². The molecule has 0 bridgehead atoms. The van der Waals surface area contributed by atoms with Gasteiger partial charge in [0.25, 0.3) is 5.91 Å². The van der Waals surface area contributed by atoms with Crippen LogP contribution in [0, 0.1) is 0 Å². The molecule has 2 rings (SSSR count). The normalized spacial score (nSPS) is 10.3. The van der Waals surface area contributed by atoms with Crippen LogP contribution in [0.25, 0.3) is 0 Å². The van der Waals surface area contributed by atoms with Gasteiger partial charge >= 0.3 is 0 Å². The van der Waals surface area contributed by atoms with Gasteiger partial charge in [-0.2, -0.15) is 11.3 Å². The smallest absolute Gasteiger partial charge is 0.252 e. The summed E-state index contributed by atoms with van der Waals surface area (Å²) in [4.78, 5) is 36.7. The average molecular weight is 359 g/mol. The van der Waals surface area contributed by atoms with E-state index in [1.807, 2.05) is 11.4 Å². The van der Waals surface area contributed by atoms with Crippen molar-refractivity contribution in [1.82, 2.24) is 10.2 Å². The first kappa shape index (κ1) is 18.7. The van der Waals surface area contributed by atoms with Gasteiger partial charge in [-0.25, -0.2) is 0 Å². The molecule has 0 unspecified atom stereocenters. The van der Waals surface area contributed by atoms with E-state index in [9.17, 15) is 14.4 Å². The molecular weight excluding hydrogens is 338 g/mol. The van der Waals surface area contributed by atoms with Crippen molar-refractivity contribution >= 4 is 29.1 Å². The number of rotatable bonds is 8. The minimum Gasteiger partial charge on any atom is -0.366 e. The molecule has 1 aromatic carbocycles. The Bertz CT molecular complexity index is 744. The van der Waals surface area contributed by atoms with E-state index in [1.165, 1.54) is 11.3 Å². The van der Waals surface area contributed by atoms with Crippen LogP contribution in [-0.4, -0.2) is 36.2 Å². The Balaban J connectivity index is 1.74. The van der Waals surface area contributed by atoms with Crippen LogP contribution in [-0.2, 0) is 11.3 Å². The summed E-state index contributed by atoms with van der Waals surface area (Å²) >= 11 is 1.47. The largest absolute Gasteiger partial charge is 0.366 e. The Morgan fingerprint density at radius 1 is 1.20 bits per heavy atom. The second-order valence-corrected chi connectivity index (χ2v) is 6.47. The molecule has 0 saturated heterocycles. The van der Waals surface area contributed by atoms with Crippen LogP contribution >= 0.6 is 11.3 Å². The fraction of sp³-hybridized carbons (Fsp3) is 0.278. The number of nitrogens with zero attached hydrogens (tertiary/aromatic N) is 1. The number of carbonyl (C=O) groups excluding carboxylic acids is 3. The van der Waals surface area contributed by atoms with Gasteiger partial charge in [0.05, 0.1) is 0 Å². The molecule has 7 heteroatoms. The quantitative estimate of drug-likeness (QED) is 0.706. The van der Waals surface area contributed by atoms with Gasteiger partial charge in [-0.3, -0.25) is 14.4 Å². The first-order chi connectivity index (χ1) is 12.0. The van der Waals surface area contributed by atoms with E-state index in [4.69, 9.17) is 5.73 Å². The zero-order valence-electron chi connectivity index (χ0n) is 14.0. The Morgan fingerprint density at radius 2 is 2.00 bits per heavy atom. The summed E-state index contributed by atoms with van der Waals surface area (Å²) in [5.74, 6) is -0.628. The topological polar surface area (TPSA) is 92.5 Å². The van der Waals surface area contributed by atoms with E-state index in [1.54, 1.807) is 41.6 Å². The Hall–Kier alpha value is -2.67. The third kappa shape index (κ3) is 5.72. The van der Waals surface area contributed by atoms with Gasteiger partial charge in [0.15, 0.2) is 0 Å². The molecule has 0 aliphatic heterocycles. The molecule has 1 heterocycles. The zero-order valence-corrected chi connectivity index (χ0v) is 14.8. The molecule has 2 aromatic rings. The van der Waals surface area contributed by atoms with E-state index in [2.05, 4.69) is 5.32 Å². The van der Waals surface area contributed by atoms with Crippen molar-refractivity contribution < 1.29 is 14.4 Å². The van der Waals surface area contributed by atoms with Crippen LogP contribution in [0.15, 0.2) is 41.1 Å². The molecule has 0 radical (unpaired) electrons. The molecule has 3 N–H and O–H groups in total. The number of hydrogen-bond acceptors (Lipinski definition) is 4. The summed E-state index contributed by atoms with van der Waals surface area (Å²) in [7, 11) is 1.71. The van der Waals surface area contributed by atoms with Crippen molar-refractivity contribution in [2.75, 3.05) is 13.6 Å². The van der Waals surface area contributed by atoms with Gasteiger partial charge in [0.2, 0.25) is 11.8 Å². The molecule has 0 spiro atoms. The number of hydrogen-bond donors (Lipinski definition) is 2. The Labute approximate surface area is 150 Å². The maximum absolute atomic E-state index is 12.2. The molecule has 0 saturated carbocycles. The average Bonchev–Trinajstić information content (AvgIpc) is 3.13. The van der Waals surface area contributed by atoms with E-state index >= 15 is 0 Å². The third-order valence-electron chi connectivity index (χ3n) is 3.69. The first-order valence-electron chi connectivity index (χ1n) is 7.90. The second-order valence-electron chi connectivity index (χ2n) is 5.69. The minimum absolute atomic E-state index is 0.0192. The molecule has 25 heavy (non-hydrogen) atoms. The van der Waals surface area contributed by atoms with E-state index in [0.717, 1.165) is 5.56 Å². The van der Waals surface area contributed by atoms with Gasteiger partial charge in [-0.15, -0.1) is 0 Å². The van der Waals surface area contributed by atoms with E-state index < -0.39 is 5.91 Å². The molecule has 0 aliphatic rings. The highest BCUT2D eigenvalue weighted by Crippen LogP contribution is 2.09. The molecule has 0 aliphatic carbocycles. The summed E-state index contributed by atoms with van der Waals surface area (Å²) < 4.78 is 0. The molecule has 0 atom stereocenters. The SMILES string of the molecule is CN(Cc1cccc(C(N)=O)c1)C(=O)CCCNC(=O)c1ccsc1. The maximum atomic E-state index is 12.2. The van der Waals surface area contributed by atoms with Gasteiger partial charge in [-0.05, 0) is 35.6 Å². The van der Waals surface area contributed by atoms with Gasteiger partial charge in [-0.1, -0.05) is 12.1 Å². The van der Waals surface area contributed by atoms with E-state index in [-0.39, 0.29) is 11.8 Å². The highest BCUT2D eigenvalue weighted by atomic mass is 32.1. The van der Waals surface area contributed by atoms with Crippen LogP contribution in [0.3, 0.4) is 0 Å². The standard InChI is InChI=1S/C18H21N3O3S/c1-21(11-13-4-2-5-14(10-13)17(19)23)16(22)6-3-8-20-18(24)15-7-9-25-12-15/h2,4-5,7,9-10,12H,3,6,8,11H2,1H3,(H2,19,23)(H,20,24). The molecule has 132 valence electrons. The minimum atomic E-state index is -0.489. The zero-order chi connectivity index (χ0) is 18.2. The van der Waals surface area contributed by atoms with Crippen molar-refractivity contribution in [1.29, 1.82) is 0 Å². The van der Waals surface area contributed by atoms with Crippen molar-refractivity contribution in [3.8, 4) is 0 Å². The molecule has 6 nitrogen and oxygen atoms in total. The number of thiophene rings is 1. The third-order valence-corrected chi connectivity index (χ3v) is 4.38. The van der Waals surface area contributed by atoms with Gasteiger partial charge in [0, 0.05) is 43.1 Å². The van der Waals surface area contributed by atoms with Crippen molar-refractivity contribution in [3.63, 3.8) is 0 Å². The number of amides is 3. The van der Waals surface area contributed by atoms with Crippen LogP contribution in [0.4, 0.5) is 0 Å². The Morgan fingerprint density at radius 3 is 2.68 bits per heavy atom. The molecule has 3 amide bonds. The summed E-state index contributed by atoms with van der Waals surface area (Å²) in [6.45, 7) is 0.854. The number of nitrogens with two attached hydrogens (primary N) is 1. The molecule has 1 aromatic heterocycles. The lowest BCUT2D eigenvalue weighted by molar-refractivity contribution is -0.130. The van der Waals surface area contributed by atoms with Gasteiger partial charge < -0.3 is 16.0 Å². The number of primary amides is 1. The maximum Gasteiger partial charge on any atom is 0.252 e. The number of nitrogens with one attached hydrogen (secondary N) is 1. The van der Waals surface area contributed by atoms with Crippen molar-refractivity contribution in [2.45, 2.75) is 19.4 Å². The second kappa shape index (κ2) is 8.98. The monoisotopic (exact) mass is 359 g/mol. The fourth-order valence-electron chi connectivity index (χ4n) is 2.31. The fourth-order valence-corrected chi connectivity index (χ4v) is 2.95. The molecule has 0 fully saturated rings. The van der Waals surface area contributed by atoms with Crippen molar-refractivity contribution in [2.24, 2.45) is 5.73 Å². The van der Waals surface area contributed by atoms with Gasteiger partial charge in [0.1, 0.15) is 0 Å². The Kier molecular flexibility index (Phi) is 6.71. The predicted octanol–water partition coefficient (Wildman–Crippen LogP) is 2.02. The summed E-state index contributed by atoms with van der Waals surface area (Å²) in [6.07, 6.45) is 0.913. The lowest BCUT2D eigenvalue weighted by Gasteiger charge is -2.17. The highest BCUT2D eigenvalue weighted by molar-refractivity contribution is 7.08. The van der Waals surface area contributed by atoms with Crippen LogP contribution in [0.5, 0.6) is 0 Å². The summed E-state index contributed by atoms with van der Waals surface area (Å²) in [5.41, 5.74) is 7.17. The van der Waals surface area contributed by atoms with Crippen molar-refractivity contribution in [3.05, 3.63) is 57.8 Å². The summed E-state index contributed by atoms with van der Waals surface area (Å²) in [5, 5.41) is 6.43. The van der Waals surface area contributed by atoms with Crippen LogP contribution in [0.2, 0.25) is 0 Å². The predicted molar refractivity (Wildman–Crippen MR) is 97.3 cm³/mol. The number of carbonyl (C=O) groups is 3. The highest BCUT2D eigenvalue weighted by Gasteiger charge is 2.11. The molecular formula is C18H21N3O3S. The van der Waals surface area contributed by atoms with Crippen LogP contribution in [0.1, 0.15) is 39.1 Å².